The van der Waals surface area contributed by atoms with Crippen LogP contribution < -0.4 is 0 Å². The molecule has 20 heavy (non-hydrogen) atoms. The van der Waals surface area contributed by atoms with Crippen LogP contribution in [0.2, 0.25) is 0 Å². The molecule has 2 heteroatoms. The lowest BCUT2D eigenvalue weighted by Gasteiger charge is -2.06. The number of nitrogens with zero attached hydrogens (tertiary/aromatic N) is 1. The van der Waals surface area contributed by atoms with Crippen LogP contribution in [0.4, 0.5) is 0 Å². The van der Waals surface area contributed by atoms with E-state index in [1.54, 1.807) is 0 Å². The number of benzene rings is 1. The van der Waals surface area contributed by atoms with E-state index in [2.05, 4.69) is 53.4 Å². The van der Waals surface area contributed by atoms with Crippen LogP contribution in [-0.4, -0.2) is 9.67 Å². The van der Waals surface area contributed by atoms with Gasteiger partial charge in [0.1, 0.15) is 0 Å². The van der Waals surface area contributed by atoms with Gasteiger partial charge in [0.15, 0.2) is 0 Å². The zero-order valence-electron chi connectivity index (χ0n) is 11.9. The Hall–Kier alpha value is -1.54. The zero-order chi connectivity index (χ0) is 13.8. The summed E-state index contributed by atoms with van der Waals surface area (Å²) in [6.07, 6.45) is 9.90. The number of unbranched alkanes of at least 4 members (excludes halogenated alkanes) is 1. The fourth-order valence-corrected chi connectivity index (χ4v) is 2.73. The first-order valence-corrected chi connectivity index (χ1v) is 7.70. The van der Waals surface area contributed by atoms with Crippen LogP contribution in [0.3, 0.4) is 0 Å². The van der Waals surface area contributed by atoms with Gasteiger partial charge in [-0.05, 0) is 55.2 Å². The van der Waals surface area contributed by atoms with Crippen LogP contribution >= 0.6 is 0 Å². The van der Waals surface area contributed by atoms with E-state index in [0.29, 0.717) is 5.92 Å². The summed E-state index contributed by atoms with van der Waals surface area (Å²) in [4.78, 5) is 0. The van der Waals surface area contributed by atoms with E-state index >= 15 is 0 Å². The van der Waals surface area contributed by atoms with Gasteiger partial charge in [0.2, 0.25) is 0 Å². The maximum atomic E-state index is 10.1. The highest BCUT2D eigenvalue weighted by Gasteiger charge is 2.31. The van der Waals surface area contributed by atoms with Gasteiger partial charge in [-0.3, -0.25) is 0 Å². The van der Waals surface area contributed by atoms with Gasteiger partial charge in [-0.1, -0.05) is 30.3 Å². The molecule has 1 heterocycles. The minimum Gasteiger partial charge on any atom is -0.388 e. The molecule has 0 amide bonds. The third kappa shape index (κ3) is 3.51. The van der Waals surface area contributed by atoms with Gasteiger partial charge in [-0.25, -0.2) is 0 Å². The summed E-state index contributed by atoms with van der Waals surface area (Å²) < 4.78 is 2.21. The molecule has 1 aliphatic rings. The molecule has 2 nitrogen and oxygen atoms in total. The molecule has 1 aromatic carbocycles. The molecule has 106 valence electrons. The van der Waals surface area contributed by atoms with Crippen LogP contribution in [0.15, 0.2) is 48.8 Å². The Morgan fingerprint density at radius 1 is 1.10 bits per heavy atom. The van der Waals surface area contributed by atoms with E-state index in [-0.39, 0.29) is 6.10 Å². The molecular weight excluding hydrogens is 246 g/mol. The average molecular weight is 269 g/mol. The molecule has 2 aromatic rings. The van der Waals surface area contributed by atoms with Crippen molar-refractivity contribution in [2.75, 3.05) is 0 Å². The number of aryl methyl sites for hydroxylation is 2. The Morgan fingerprint density at radius 2 is 1.90 bits per heavy atom. The molecule has 3 rings (SSSR count). The summed E-state index contributed by atoms with van der Waals surface area (Å²) >= 11 is 0. The van der Waals surface area contributed by atoms with Crippen molar-refractivity contribution in [2.45, 2.75) is 44.8 Å². The van der Waals surface area contributed by atoms with E-state index in [0.717, 1.165) is 18.5 Å². The lowest BCUT2D eigenvalue weighted by atomic mass is 10.1. The highest BCUT2D eigenvalue weighted by Crippen LogP contribution is 2.40. The van der Waals surface area contributed by atoms with Crippen LogP contribution in [0.25, 0.3) is 0 Å². The summed E-state index contributed by atoms with van der Waals surface area (Å²) in [6, 6.07) is 12.7. The molecule has 1 atom stereocenters. The Balaban J connectivity index is 1.42. The first-order valence-electron chi connectivity index (χ1n) is 7.70. The maximum absolute atomic E-state index is 10.1. The van der Waals surface area contributed by atoms with Crippen molar-refractivity contribution in [1.82, 2.24) is 4.57 Å². The predicted molar refractivity (Wildman–Crippen MR) is 81.5 cm³/mol. The van der Waals surface area contributed by atoms with E-state index in [9.17, 15) is 5.11 Å². The van der Waals surface area contributed by atoms with Gasteiger partial charge in [-0.15, -0.1) is 0 Å². The molecule has 0 bridgehead atoms. The highest BCUT2D eigenvalue weighted by atomic mass is 16.3. The SMILES string of the molecule is OC(c1ccn(CCCCc2ccccc2)c1)C1CC1. The van der Waals surface area contributed by atoms with E-state index in [4.69, 9.17) is 0 Å². The zero-order valence-corrected chi connectivity index (χ0v) is 11.9. The molecule has 1 fully saturated rings. The second-order valence-electron chi connectivity index (χ2n) is 5.91. The first-order chi connectivity index (χ1) is 9.83. The van der Waals surface area contributed by atoms with E-state index < -0.39 is 0 Å². The molecule has 1 saturated carbocycles. The van der Waals surface area contributed by atoms with Crippen molar-refractivity contribution in [2.24, 2.45) is 5.92 Å². The Morgan fingerprint density at radius 3 is 2.65 bits per heavy atom. The summed E-state index contributed by atoms with van der Waals surface area (Å²) in [5.41, 5.74) is 2.51. The summed E-state index contributed by atoms with van der Waals surface area (Å²) in [7, 11) is 0. The number of hydrogen-bond donors (Lipinski definition) is 1. The largest absolute Gasteiger partial charge is 0.388 e. The minimum atomic E-state index is -0.236. The molecular formula is C18H23NO. The quantitative estimate of drug-likeness (QED) is 0.756. The Bertz CT molecular complexity index is 527. The van der Waals surface area contributed by atoms with Crippen molar-refractivity contribution in [3.8, 4) is 0 Å². The number of hydrogen-bond acceptors (Lipinski definition) is 1. The van der Waals surface area contributed by atoms with E-state index in [1.807, 2.05) is 0 Å². The number of aromatic nitrogens is 1. The fraction of sp³-hybridized carbons (Fsp3) is 0.444. The fourth-order valence-electron chi connectivity index (χ4n) is 2.73. The maximum Gasteiger partial charge on any atom is 0.0832 e. The van der Waals surface area contributed by atoms with E-state index in [1.165, 1.54) is 31.2 Å². The lowest BCUT2D eigenvalue weighted by molar-refractivity contribution is 0.154. The van der Waals surface area contributed by atoms with Crippen molar-refractivity contribution < 1.29 is 5.11 Å². The first kappa shape index (κ1) is 13.4. The smallest absolute Gasteiger partial charge is 0.0832 e. The van der Waals surface area contributed by atoms with Gasteiger partial charge in [0.05, 0.1) is 6.10 Å². The van der Waals surface area contributed by atoms with Crippen molar-refractivity contribution in [1.29, 1.82) is 0 Å². The van der Waals surface area contributed by atoms with Crippen molar-refractivity contribution >= 4 is 0 Å². The van der Waals surface area contributed by atoms with Crippen LogP contribution in [0, 0.1) is 5.92 Å². The van der Waals surface area contributed by atoms with Gasteiger partial charge in [0, 0.05) is 18.9 Å². The number of aliphatic hydroxyl groups excluding tert-OH is 1. The van der Waals surface area contributed by atoms with Crippen molar-refractivity contribution in [3.63, 3.8) is 0 Å². The van der Waals surface area contributed by atoms with Gasteiger partial charge >= 0.3 is 0 Å². The number of rotatable bonds is 7. The second-order valence-corrected chi connectivity index (χ2v) is 5.91. The molecule has 1 N–H and O–H groups in total. The summed E-state index contributed by atoms with van der Waals surface area (Å²) in [5, 5.41) is 10.1. The van der Waals surface area contributed by atoms with Gasteiger partial charge in [0.25, 0.3) is 0 Å². The van der Waals surface area contributed by atoms with Gasteiger partial charge in [-0.2, -0.15) is 0 Å². The highest BCUT2D eigenvalue weighted by molar-refractivity contribution is 5.16. The molecule has 0 saturated heterocycles. The molecule has 0 radical (unpaired) electrons. The predicted octanol–water partition coefficient (Wildman–Crippen LogP) is 3.95. The summed E-state index contributed by atoms with van der Waals surface area (Å²) in [5.74, 6) is 0.518. The van der Waals surface area contributed by atoms with Crippen LogP contribution in [-0.2, 0) is 13.0 Å². The molecule has 0 aliphatic heterocycles. The van der Waals surface area contributed by atoms with Gasteiger partial charge < -0.3 is 9.67 Å². The summed E-state index contributed by atoms with van der Waals surface area (Å²) in [6.45, 7) is 1.05. The lowest BCUT2D eigenvalue weighted by Crippen LogP contribution is -1.99. The van der Waals surface area contributed by atoms with Crippen LogP contribution in [0.1, 0.15) is 42.9 Å². The Labute approximate surface area is 121 Å². The average Bonchev–Trinajstić information content (AvgIpc) is 3.23. The molecule has 1 unspecified atom stereocenters. The normalized spacial score (nSPS) is 16.2. The van der Waals surface area contributed by atoms with Crippen LogP contribution in [0.5, 0.6) is 0 Å². The number of aliphatic hydroxyl groups is 1. The molecule has 1 aromatic heterocycles. The standard InChI is InChI=1S/C18H23NO/c20-18(16-9-10-16)17-11-13-19(14-17)12-5-4-8-15-6-2-1-3-7-15/h1-3,6-7,11,13-14,16,18,20H,4-5,8-10,12H2. The monoisotopic (exact) mass is 269 g/mol. The molecule has 0 spiro atoms. The molecule has 1 aliphatic carbocycles. The van der Waals surface area contributed by atoms with Crippen molar-refractivity contribution in [3.05, 3.63) is 59.9 Å². The second kappa shape index (κ2) is 6.27. The Kier molecular flexibility index (Phi) is 4.22. The third-order valence-corrected chi connectivity index (χ3v) is 4.16. The third-order valence-electron chi connectivity index (χ3n) is 4.16. The topological polar surface area (TPSA) is 25.2 Å². The minimum absolute atomic E-state index is 0.236.